The van der Waals surface area contributed by atoms with Gasteiger partial charge in [0.2, 0.25) is 0 Å². The van der Waals surface area contributed by atoms with Gasteiger partial charge in [0.1, 0.15) is 0 Å². The fourth-order valence-electron chi connectivity index (χ4n) is 2.32. The second-order valence-corrected chi connectivity index (χ2v) is 7.24. The Balaban J connectivity index is 1.97. The minimum absolute atomic E-state index is 0.273. The predicted octanol–water partition coefficient (Wildman–Crippen LogP) is 6.26. The average Bonchev–Trinajstić information content (AvgIpc) is 2.91. The molecule has 0 aliphatic carbocycles. The van der Waals surface area contributed by atoms with Crippen LogP contribution in [0.25, 0.3) is 0 Å². The van der Waals surface area contributed by atoms with Crippen LogP contribution in [0.3, 0.4) is 0 Å². The van der Waals surface area contributed by atoms with Gasteiger partial charge in [0.15, 0.2) is 0 Å². The summed E-state index contributed by atoms with van der Waals surface area (Å²) in [6, 6.07) is 12.6. The molecule has 2 aromatic rings. The van der Waals surface area contributed by atoms with Crippen molar-refractivity contribution in [3.8, 4) is 0 Å². The van der Waals surface area contributed by atoms with Crippen molar-refractivity contribution in [3.63, 3.8) is 0 Å². The van der Waals surface area contributed by atoms with Crippen molar-refractivity contribution in [1.82, 2.24) is 0 Å². The van der Waals surface area contributed by atoms with Gasteiger partial charge < -0.3 is 0 Å². The fourth-order valence-corrected chi connectivity index (χ4v) is 3.33. The molecule has 2 heteroatoms. The highest BCUT2D eigenvalue weighted by atomic mass is 35.5. The van der Waals surface area contributed by atoms with Gasteiger partial charge in [-0.25, -0.2) is 0 Å². The van der Waals surface area contributed by atoms with Crippen LogP contribution < -0.4 is 0 Å². The van der Waals surface area contributed by atoms with Crippen LogP contribution in [0.2, 0.25) is 5.02 Å². The Kier molecular flexibility index (Phi) is 4.70. The van der Waals surface area contributed by atoms with Crippen LogP contribution in [0.15, 0.2) is 41.8 Å². The molecule has 0 N–H and O–H groups in total. The summed E-state index contributed by atoms with van der Waals surface area (Å²) in [6.07, 6.45) is 2.41. The lowest BCUT2D eigenvalue weighted by Crippen LogP contribution is -2.16. The van der Waals surface area contributed by atoms with E-state index in [1.54, 1.807) is 0 Å². The van der Waals surface area contributed by atoms with Crippen LogP contribution in [0.1, 0.15) is 50.0 Å². The lowest BCUT2D eigenvalue weighted by molar-refractivity contribution is 0.446. The SMILES string of the molecule is CC(CCC(C)(C)c1cccs1)c1ccc(Cl)cc1. The topological polar surface area (TPSA) is 0 Å². The standard InChI is InChI=1S/C17H21ClS/c1-13(14-6-8-15(18)9-7-14)10-11-17(2,3)16-5-4-12-19-16/h4-9,12-13H,10-11H2,1-3H3. The minimum atomic E-state index is 0.273. The molecule has 0 nitrogen and oxygen atoms in total. The number of hydrogen-bond donors (Lipinski definition) is 0. The van der Waals surface area contributed by atoms with Gasteiger partial charge in [0, 0.05) is 9.90 Å². The van der Waals surface area contributed by atoms with Crippen LogP contribution in [0.4, 0.5) is 0 Å². The van der Waals surface area contributed by atoms with Crippen molar-refractivity contribution in [3.05, 3.63) is 57.2 Å². The van der Waals surface area contributed by atoms with E-state index >= 15 is 0 Å². The molecule has 0 spiro atoms. The molecule has 0 aliphatic heterocycles. The first-order chi connectivity index (χ1) is 8.99. The lowest BCUT2D eigenvalue weighted by atomic mass is 9.82. The van der Waals surface area contributed by atoms with Gasteiger partial charge in [-0.05, 0) is 53.3 Å². The van der Waals surface area contributed by atoms with Crippen molar-refractivity contribution in [2.45, 2.75) is 44.9 Å². The van der Waals surface area contributed by atoms with Gasteiger partial charge in [-0.2, -0.15) is 0 Å². The monoisotopic (exact) mass is 292 g/mol. The highest BCUT2D eigenvalue weighted by Gasteiger charge is 2.22. The maximum absolute atomic E-state index is 5.93. The summed E-state index contributed by atoms with van der Waals surface area (Å²) in [7, 11) is 0. The third kappa shape index (κ3) is 3.84. The Bertz CT molecular complexity index is 497. The first-order valence-electron chi connectivity index (χ1n) is 6.78. The first-order valence-corrected chi connectivity index (χ1v) is 8.04. The maximum Gasteiger partial charge on any atom is 0.0406 e. The van der Waals surface area contributed by atoms with Gasteiger partial charge in [0.25, 0.3) is 0 Å². The number of halogens is 1. The van der Waals surface area contributed by atoms with Crippen molar-refractivity contribution in [2.24, 2.45) is 0 Å². The third-order valence-corrected chi connectivity index (χ3v) is 5.32. The quantitative estimate of drug-likeness (QED) is 0.610. The Labute approximate surface area is 125 Å². The average molecular weight is 293 g/mol. The zero-order chi connectivity index (χ0) is 13.9. The van der Waals surface area contributed by atoms with Gasteiger partial charge in [-0.15, -0.1) is 11.3 Å². The van der Waals surface area contributed by atoms with E-state index in [1.807, 2.05) is 23.5 Å². The molecule has 1 unspecified atom stereocenters. The van der Waals surface area contributed by atoms with E-state index in [0.717, 1.165) is 5.02 Å². The van der Waals surface area contributed by atoms with E-state index < -0.39 is 0 Å². The van der Waals surface area contributed by atoms with Crippen molar-refractivity contribution in [1.29, 1.82) is 0 Å². The number of rotatable bonds is 5. The van der Waals surface area contributed by atoms with E-state index in [1.165, 1.54) is 23.3 Å². The van der Waals surface area contributed by atoms with E-state index in [4.69, 9.17) is 11.6 Å². The Morgan fingerprint density at radius 3 is 2.42 bits per heavy atom. The van der Waals surface area contributed by atoms with E-state index in [-0.39, 0.29) is 5.41 Å². The van der Waals surface area contributed by atoms with Crippen molar-refractivity contribution >= 4 is 22.9 Å². The molecular weight excluding hydrogens is 272 g/mol. The molecule has 0 bridgehead atoms. The van der Waals surface area contributed by atoms with Crippen LogP contribution in [0.5, 0.6) is 0 Å². The molecule has 0 amide bonds. The van der Waals surface area contributed by atoms with Gasteiger partial charge in [0.05, 0.1) is 0 Å². The smallest absolute Gasteiger partial charge is 0.0406 e. The summed E-state index contributed by atoms with van der Waals surface area (Å²) in [4.78, 5) is 1.48. The second-order valence-electron chi connectivity index (χ2n) is 5.85. The highest BCUT2D eigenvalue weighted by Crippen LogP contribution is 2.35. The zero-order valence-corrected chi connectivity index (χ0v) is 13.4. The highest BCUT2D eigenvalue weighted by molar-refractivity contribution is 7.10. The normalized spacial score (nSPS) is 13.5. The predicted molar refractivity (Wildman–Crippen MR) is 86.4 cm³/mol. The molecule has 0 radical (unpaired) electrons. The molecule has 0 saturated heterocycles. The largest absolute Gasteiger partial charge is 0.148 e. The number of thiophene rings is 1. The molecule has 19 heavy (non-hydrogen) atoms. The molecule has 0 fully saturated rings. The number of benzene rings is 1. The van der Waals surface area contributed by atoms with Crippen LogP contribution >= 0.6 is 22.9 Å². The molecule has 1 atom stereocenters. The van der Waals surface area contributed by atoms with Crippen LogP contribution in [0, 0.1) is 0 Å². The molecular formula is C17H21ClS. The summed E-state index contributed by atoms with van der Waals surface area (Å²) in [6.45, 7) is 6.98. The maximum atomic E-state index is 5.93. The summed E-state index contributed by atoms with van der Waals surface area (Å²) >= 11 is 7.80. The van der Waals surface area contributed by atoms with Crippen molar-refractivity contribution in [2.75, 3.05) is 0 Å². The summed E-state index contributed by atoms with van der Waals surface area (Å²) in [5.74, 6) is 0.580. The van der Waals surface area contributed by atoms with Gasteiger partial charge >= 0.3 is 0 Å². The fraction of sp³-hybridized carbons (Fsp3) is 0.412. The van der Waals surface area contributed by atoms with Gasteiger partial charge in [-0.1, -0.05) is 50.6 Å². The minimum Gasteiger partial charge on any atom is -0.148 e. The van der Waals surface area contributed by atoms with E-state index in [9.17, 15) is 0 Å². The Hall–Kier alpha value is -0.790. The second kappa shape index (κ2) is 6.11. The molecule has 1 aromatic heterocycles. The molecule has 1 heterocycles. The molecule has 2 rings (SSSR count). The summed E-state index contributed by atoms with van der Waals surface area (Å²) in [5.41, 5.74) is 1.65. The van der Waals surface area contributed by atoms with E-state index in [2.05, 4.69) is 50.4 Å². The zero-order valence-electron chi connectivity index (χ0n) is 11.8. The first kappa shape index (κ1) is 14.6. The molecule has 0 aliphatic rings. The van der Waals surface area contributed by atoms with Crippen molar-refractivity contribution < 1.29 is 0 Å². The van der Waals surface area contributed by atoms with Gasteiger partial charge in [-0.3, -0.25) is 0 Å². The van der Waals surface area contributed by atoms with Crippen LogP contribution in [-0.4, -0.2) is 0 Å². The lowest BCUT2D eigenvalue weighted by Gasteiger charge is -2.25. The Morgan fingerprint density at radius 1 is 1.16 bits per heavy atom. The summed E-state index contributed by atoms with van der Waals surface area (Å²) in [5, 5.41) is 2.98. The molecule has 102 valence electrons. The summed E-state index contributed by atoms with van der Waals surface area (Å²) < 4.78 is 0. The molecule has 1 aromatic carbocycles. The number of hydrogen-bond acceptors (Lipinski definition) is 1. The van der Waals surface area contributed by atoms with Crippen LogP contribution in [-0.2, 0) is 5.41 Å². The third-order valence-electron chi connectivity index (χ3n) is 3.83. The van der Waals surface area contributed by atoms with E-state index in [0.29, 0.717) is 5.92 Å². The Morgan fingerprint density at radius 2 is 1.84 bits per heavy atom. The molecule has 0 saturated carbocycles.